The molecule has 6 nitrogen and oxygen atoms in total. The van der Waals surface area contributed by atoms with E-state index in [0.29, 0.717) is 6.04 Å². The molecule has 110 valence electrons. The molecule has 0 saturated carbocycles. The first-order valence-corrected chi connectivity index (χ1v) is 7.32. The summed E-state index contributed by atoms with van der Waals surface area (Å²) in [4.78, 5) is 21.7. The van der Waals surface area contributed by atoms with Crippen molar-refractivity contribution >= 4 is 11.8 Å². The lowest BCUT2D eigenvalue weighted by Crippen LogP contribution is -2.35. The summed E-state index contributed by atoms with van der Waals surface area (Å²) in [6.07, 6.45) is 9.26. The third kappa shape index (κ3) is 2.94. The highest BCUT2D eigenvalue weighted by atomic mass is 15.3. The Labute approximate surface area is 124 Å². The molecule has 0 radical (unpaired) electrons. The molecule has 2 aromatic rings. The van der Waals surface area contributed by atoms with Crippen LogP contribution in [0.1, 0.15) is 18.9 Å². The van der Waals surface area contributed by atoms with Crippen LogP contribution in [0.5, 0.6) is 0 Å². The average molecular weight is 284 g/mol. The van der Waals surface area contributed by atoms with Crippen LogP contribution in [0.3, 0.4) is 0 Å². The van der Waals surface area contributed by atoms with Gasteiger partial charge in [-0.1, -0.05) is 6.92 Å². The second-order valence-electron chi connectivity index (χ2n) is 5.31. The van der Waals surface area contributed by atoms with E-state index in [2.05, 4.69) is 43.7 Å². The first-order valence-electron chi connectivity index (χ1n) is 7.32. The van der Waals surface area contributed by atoms with Crippen LogP contribution in [-0.4, -0.2) is 46.1 Å². The monoisotopic (exact) mass is 284 g/mol. The fourth-order valence-electron chi connectivity index (χ4n) is 2.61. The van der Waals surface area contributed by atoms with Crippen molar-refractivity contribution < 1.29 is 0 Å². The van der Waals surface area contributed by atoms with E-state index >= 15 is 0 Å². The molecule has 21 heavy (non-hydrogen) atoms. The number of likely N-dealkylation sites (N-methyl/N-ethyl adjacent to an activating group) is 1. The molecule has 0 bridgehead atoms. The van der Waals surface area contributed by atoms with E-state index in [1.54, 1.807) is 12.5 Å². The zero-order valence-electron chi connectivity index (χ0n) is 12.5. The molecule has 1 unspecified atom stereocenters. The van der Waals surface area contributed by atoms with Crippen LogP contribution >= 0.6 is 0 Å². The molecule has 1 aliphatic heterocycles. The van der Waals surface area contributed by atoms with Crippen molar-refractivity contribution in [2.75, 3.05) is 29.9 Å². The maximum atomic E-state index is 4.47. The molecule has 3 heterocycles. The van der Waals surface area contributed by atoms with E-state index < -0.39 is 0 Å². The maximum Gasteiger partial charge on any atom is 0.225 e. The Hall–Kier alpha value is -2.24. The predicted octanol–water partition coefficient (Wildman–Crippen LogP) is 1.54. The first kappa shape index (κ1) is 13.7. The van der Waals surface area contributed by atoms with E-state index in [1.807, 2.05) is 18.5 Å². The first-order chi connectivity index (χ1) is 10.3. The molecule has 2 aromatic heterocycles. The fourth-order valence-corrected chi connectivity index (χ4v) is 2.61. The Bertz CT molecular complexity index is 570. The van der Waals surface area contributed by atoms with Gasteiger partial charge in [-0.25, -0.2) is 19.9 Å². The smallest absolute Gasteiger partial charge is 0.225 e. The number of aromatic nitrogens is 4. The minimum absolute atomic E-state index is 0.425. The van der Waals surface area contributed by atoms with Gasteiger partial charge >= 0.3 is 0 Å². The van der Waals surface area contributed by atoms with Crippen LogP contribution < -0.4 is 9.80 Å². The summed E-state index contributed by atoms with van der Waals surface area (Å²) in [6.45, 7) is 4.01. The summed E-state index contributed by atoms with van der Waals surface area (Å²) in [5.74, 6) is 1.78. The van der Waals surface area contributed by atoms with Crippen LogP contribution in [-0.2, 0) is 6.42 Å². The van der Waals surface area contributed by atoms with Gasteiger partial charge in [-0.3, -0.25) is 0 Å². The number of aryl methyl sites for hydroxylation is 1. The Morgan fingerprint density at radius 3 is 2.76 bits per heavy atom. The van der Waals surface area contributed by atoms with Gasteiger partial charge in [0.25, 0.3) is 0 Å². The van der Waals surface area contributed by atoms with Gasteiger partial charge in [0.15, 0.2) is 0 Å². The van der Waals surface area contributed by atoms with Crippen LogP contribution in [0.25, 0.3) is 0 Å². The molecule has 1 atom stereocenters. The van der Waals surface area contributed by atoms with Gasteiger partial charge < -0.3 is 9.80 Å². The van der Waals surface area contributed by atoms with Crippen molar-refractivity contribution in [2.24, 2.45) is 0 Å². The fraction of sp³-hybridized carbons (Fsp3) is 0.467. The molecule has 1 saturated heterocycles. The van der Waals surface area contributed by atoms with Crippen molar-refractivity contribution in [1.82, 2.24) is 19.9 Å². The quantitative estimate of drug-likeness (QED) is 0.849. The predicted molar refractivity (Wildman–Crippen MR) is 82.5 cm³/mol. The summed E-state index contributed by atoms with van der Waals surface area (Å²) >= 11 is 0. The van der Waals surface area contributed by atoms with Crippen molar-refractivity contribution in [3.8, 4) is 0 Å². The van der Waals surface area contributed by atoms with Crippen LogP contribution in [0, 0.1) is 0 Å². The maximum absolute atomic E-state index is 4.47. The topological polar surface area (TPSA) is 58.0 Å². The summed E-state index contributed by atoms with van der Waals surface area (Å²) in [6, 6.07) is 2.37. The molecular weight excluding hydrogens is 264 g/mol. The second kappa shape index (κ2) is 6.03. The van der Waals surface area contributed by atoms with Gasteiger partial charge in [-0.15, -0.1) is 0 Å². The van der Waals surface area contributed by atoms with Crippen LogP contribution in [0.15, 0.2) is 31.0 Å². The highest BCUT2D eigenvalue weighted by molar-refractivity contribution is 5.41. The lowest BCUT2D eigenvalue weighted by molar-refractivity contribution is 0.682. The van der Waals surface area contributed by atoms with Gasteiger partial charge in [0, 0.05) is 44.8 Å². The minimum atomic E-state index is 0.425. The highest BCUT2D eigenvalue weighted by Gasteiger charge is 2.27. The molecule has 6 heteroatoms. The number of anilines is 2. The van der Waals surface area contributed by atoms with Gasteiger partial charge in [0.2, 0.25) is 5.95 Å². The zero-order chi connectivity index (χ0) is 14.7. The number of hydrogen-bond acceptors (Lipinski definition) is 6. The standard InChI is InChI=1S/C15H20N6/c1-3-12-8-17-15(18-9-12)21-7-5-13(10-21)20(2)14-4-6-16-11-19-14/h4,6,8-9,11,13H,3,5,7,10H2,1-2H3. The van der Waals surface area contributed by atoms with Gasteiger partial charge in [0.1, 0.15) is 12.1 Å². The van der Waals surface area contributed by atoms with Gasteiger partial charge in [0.05, 0.1) is 0 Å². The zero-order valence-corrected chi connectivity index (χ0v) is 12.5. The van der Waals surface area contributed by atoms with E-state index in [-0.39, 0.29) is 0 Å². The van der Waals surface area contributed by atoms with Crippen molar-refractivity contribution in [1.29, 1.82) is 0 Å². The van der Waals surface area contributed by atoms with E-state index in [1.165, 1.54) is 5.56 Å². The third-order valence-corrected chi connectivity index (χ3v) is 4.02. The third-order valence-electron chi connectivity index (χ3n) is 4.02. The number of nitrogens with zero attached hydrogens (tertiary/aromatic N) is 6. The lowest BCUT2D eigenvalue weighted by Gasteiger charge is -2.25. The van der Waals surface area contributed by atoms with Crippen molar-refractivity contribution in [3.05, 3.63) is 36.5 Å². The van der Waals surface area contributed by atoms with E-state index in [9.17, 15) is 0 Å². The molecule has 0 amide bonds. The molecule has 1 aliphatic rings. The Morgan fingerprint density at radius 1 is 1.29 bits per heavy atom. The molecule has 0 N–H and O–H groups in total. The Kier molecular flexibility index (Phi) is 3.94. The highest BCUT2D eigenvalue weighted by Crippen LogP contribution is 2.22. The van der Waals surface area contributed by atoms with E-state index in [0.717, 1.165) is 37.7 Å². The normalized spacial score (nSPS) is 18.0. The SMILES string of the molecule is CCc1cnc(N2CCC(N(C)c3ccncn3)C2)nc1. The number of hydrogen-bond donors (Lipinski definition) is 0. The van der Waals surface area contributed by atoms with Crippen molar-refractivity contribution in [3.63, 3.8) is 0 Å². The summed E-state index contributed by atoms with van der Waals surface area (Å²) in [5.41, 5.74) is 1.17. The van der Waals surface area contributed by atoms with Crippen molar-refractivity contribution in [2.45, 2.75) is 25.8 Å². The lowest BCUT2D eigenvalue weighted by atomic mass is 10.2. The van der Waals surface area contributed by atoms with Crippen LogP contribution in [0.4, 0.5) is 11.8 Å². The Balaban J connectivity index is 1.67. The molecule has 3 rings (SSSR count). The average Bonchev–Trinajstić information content (AvgIpc) is 3.05. The van der Waals surface area contributed by atoms with Gasteiger partial charge in [-0.05, 0) is 24.5 Å². The minimum Gasteiger partial charge on any atom is -0.355 e. The molecule has 1 fully saturated rings. The molecular formula is C15H20N6. The second-order valence-corrected chi connectivity index (χ2v) is 5.31. The summed E-state index contributed by atoms with van der Waals surface area (Å²) in [7, 11) is 2.08. The molecule has 0 spiro atoms. The van der Waals surface area contributed by atoms with E-state index in [4.69, 9.17) is 0 Å². The number of rotatable bonds is 4. The molecule has 0 aliphatic carbocycles. The largest absolute Gasteiger partial charge is 0.355 e. The molecule has 0 aromatic carbocycles. The van der Waals surface area contributed by atoms with Crippen LogP contribution in [0.2, 0.25) is 0 Å². The van der Waals surface area contributed by atoms with Gasteiger partial charge in [-0.2, -0.15) is 0 Å². The Morgan fingerprint density at radius 2 is 2.10 bits per heavy atom. The summed E-state index contributed by atoms with van der Waals surface area (Å²) in [5, 5.41) is 0. The summed E-state index contributed by atoms with van der Waals surface area (Å²) < 4.78 is 0.